The fraction of sp³-hybridized carbons (Fsp3) is 0.458. The lowest BCUT2D eigenvalue weighted by atomic mass is 10.1. The van der Waals surface area contributed by atoms with Crippen molar-refractivity contribution in [3.63, 3.8) is 0 Å². The van der Waals surface area contributed by atoms with Crippen molar-refractivity contribution in [1.82, 2.24) is 10.2 Å². The molecule has 3 rings (SSSR count). The number of urea groups is 1. The summed E-state index contributed by atoms with van der Waals surface area (Å²) in [5.41, 5.74) is 1.70. The lowest BCUT2D eigenvalue weighted by molar-refractivity contribution is 0.221. The molecular weight excluding hydrogens is 574 g/mol. The third-order valence-electron chi connectivity index (χ3n) is 5.70. The van der Waals surface area contributed by atoms with E-state index >= 15 is 0 Å². The number of likely N-dealkylation sites (N-methyl/N-ethyl adjacent to an activating group) is 1. The quantitative estimate of drug-likeness (QED) is 0.337. The van der Waals surface area contributed by atoms with Gasteiger partial charge in [-0.2, -0.15) is 0 Å². The molecule has 2 aromatic rings. The predicted molar refractivity (Wildman–Crippen MR) is 151 cm³/mol. The van der Waals surface area contributed by atoms with Gasteiger partial charge in [0.2, 0.25) is 0 Å². The molecule has 1 heterocycles. The summed E-state index contributed by atoms with van der Waals surface area (Å²) in [6, 6.07) is 8.66. The molecule has 1 aliphatic heterocycles. The molecule has 10 nitrogen and oxygen atoms in total. The fourth-order valence-corrected chi connectivity index (χ4v) is 8.39. The van der Waals surface area contributed by atoms with E-state index in [1.165, 1.54) is 18.2 Å². The van der Waals surface area contributed by atoms with Gasteiger partial charge in [-0.15, -0.1) is 0 Å². The highest BCUT2D eigenvalue weighted by atomic mass is 35.5. The van der Waals surface area contributed by atoms with Crippen molar-refractivity contribution in [2.75, 3.05) is 62.4 Å². The Morgan fingerprint density at radius 3 is 2.29 bits per heavy atom. The zero-order valence-electron chi connectivity index (χ0n) is 21.8. The third-order valence-corrected chi connectivity index (χ3v) is 10.0. The Morgan fingerprint density at radius 1 is 1.08 bits per heavy atom. The Labute approximate surface area is 234 Å². The number of sulfonamides is 1. The zero-order valence-corrected chi connectivity index (χ0v) is 25.0. The summed E-state index contributed by atoms with van der Waals surface area (Å²) in [6.45, 7) is 5.06. The molecule has 0 saturated heterocycles. The smallest absolute Gasteiger partial charge is 0.336 e. The standard InChI is InChI=1S/C24H33Cl2N4O6PS/c1-5-35-37(32,36-6-2)17-30(38(33,34)22-15-19(25)14-20(26)16-22)21-7-8-23-18(13-21)9-11-29(23)24(31)27-10-12-28(3)4/h7-8,13-16H,5-6,9-12,17H2,1-4H3,(H,27,31). The number of nitrogens with one attached hydrogen (secondary N) is 1. The number of fused-ring (bicyclic) bond motifs is 1. The highest BCUT2D eigenvalue weighted by Crippen LogP contribution is 2.50. The molecule has 0 fully saturated rings. The Hall–Kier alpha value is -1.85. The van der Waals surface area contributed by atoms with Crippen LogP contribution in [0, 0.1) is 0 Å². The Morgan fingerprint density at radius 2 is 1.71 bits per heavy atom. The molecule has 0 atom stereocenters. The first kappa shape index (κ1) is 30.7. The SMILES string of the molecule is CCOP(=O)(CN(c1ccc2c(c1)CCN2C(=O)NCCN(C)C)S(=O)(=O)c1cc(Cl)cc(Cl)c1)OCC. The van der Waals surface area contributed by atoms with Gasteiger partial charge < -0.3 is 19.3 Å². The minimum absolute atomic E-state index is 0.0657. The van der Waals surface area contributed by atoms with Crippen molar-refractivity contribution in [3.05, 3.63) is 52.0 Å². The molecule has 0 aromatic heterocycles. The molecule has 0 spiro atoms. The average molecular weight is 607 g/mol. The van der Waals surface area contributed by atoms with Crippen molar-refractivity contribution in [2.24, 2.45) is 0 Å². The first-order valence-electron chi connectivity index (χ1n) is 12.1. The summed E-state index contributed by atoms with van der Waals surface area (Å²) < 4.78 is 53.0. The van der Waals surface area contributed by atoms with Crippen LogP contribution in [0.1, 0.15) is 19.4 Å². The topological polar surface area (TPSA) is 108 Å². The number of halogens is 2. The maximum Gasteiger partial charge on any atom is 0.350 e. The largest absolute Gasteiger partial charge is 0.350 e. The van der Waals surface area contributed by atoms with Gasteiger partial charge in [-0.3, -0.25) is 13.8 Å². The highest BCUT2D eigenvalue weighted by molar-refractivity contribution is 7.93. The van der Waals surface area contributed by atoms with E-state index in [1.807, 2.05) is 19.0 Å². The van der Waals surface area contributed by atoms with E-state index in [0.29, 0.717) is 31.7 Å². The second-order valence-electron chi connectivity index (χ2n) is 8.80. The minimum atomic E-state index is -4.30. The number of benzene rings is 2. The van der Waals surface area contributed by atoms with E-state index in [4.69, 9.17) is 32.2 Å². The second kappa shape index (κ2) is 13.0. The van der Waals surface area contributed by atoms with Gasteiger partial charge in [-0.05, 0) is 76.3 Å². The summed E-state index contributed by atoms with van der Waals surface area (Å²) in [5.74, 6) is 0. The van der Waals surface area contributed by atoms with Crippen LogP contribution in [-0.2, 0) is 30.1 Å². The monoisotopic (exact) mass is 606 g/mol. The van der Waals surface area contributed by atoms with Gasteiger partial charge >= 0.3 is 13.6 Å². The molecule has 0 bridgehead atoms. The number of hydrogen-bond donors (Lipinski definition) is 1. The molecule has 38 heavy (non-hydrogen) atoms. The van der Waals surface area contributed by atoms with Gasteiger partial charge in [0.25, 0.3) is 10.0 Å². The lowest BCUT2D eigenvalue weighted by Crippen LogP contribution is -2.41. The van der Waals surface area contributed by atoms with Crippen molar-refractivity contribution < 1.29 is 26.8 Å². The van der Waals surface area contributed by atoms with Crippen LogP contribution in [0.2, 0.25) is 10.0 Å². The summed E-state index contributed by atoms with van der Waals surface area (Å²) in [6.07, 6.45) is -0.0373. The second-order valence-corrected chi connectivity index (χ2v) is 13.6. The summed E-state index contributed by atoms with van der Waals surface area (Å²) in [4.78, 5) is 16.2. The zero-order chi connectivity index (χ0) is 28.1. The van der Waals surface area contributed by atoms with Crippen LogP contribution in [0.3, 0.4) is 0 Å². The van der Waals surface area contributed by atoms with E-state index in [1.54, 1.807) is 36.9 Å². The van der Waals surface area contributed by atoms with E-state index in [9.17, 15) is 17.8 Å². The number of amides is 2. The molecule has 0 radical (unpaired) electrons. The molecule has 210 valence electrons. The van der Waals surface area contributed by atoms with E-state index < -0.39 is 23.9 Å². The van der Waals surface area contributed by atoms with Crippen LogP contribution in [0.4, 0.5) is 16.2 Å². The molecule has 0 aliphatic carbocycles. The normalized spacial score (nSPS) is 13.6. The predicted octanol–water partition coefficient (Wildman–Crippen LogP) is 5.05. The van der Waals surface area contributed by atoms with Crippen LogP contribution in [0.15, 0.2) is 41.3 Å². The Kier molecular flexibility index (Phi) is 10.5. The van der Waals surface area contributed by atoms with Crippen molar-refractivity contribution in [3.8, 4) is 0 Å². The van der Waals surface area contributed by atoms with Crippen LogP contribution in [0.25, 0.3) is 0 Å². The minimum Gasteiger partial charge on any atom is -0.336 e. The van der Waals surface area contributed by atoms with Crippen LogP contribution in [0.5, 0.6) is 0 Å². The molecule has 1 N–H and O–H groups in total. The van der Waals surface area contributed by atoms with E-state index in [2.05, 4.69) is 5.32 Å². The molecule has 2 aromatic carbocycles. The summed E-state index contributed by atoms with van der Waals surface area (Å²) in [7, 11) is -4.30. The molecule has 2 amide bonds. The first-order valence-corrected chi connectivity index (χ1v) is 16.0. The molecule has 0 saturated carbocycles. The average Bonchev–Trinajstić information content (AvgIpc) is 3.25. The number of hydrogen-bond acceptors (Lipinski definition) is 7. The number of carbonyl (C=O) groups is 1. The van der Waals surface area contributed by atoms with Crippen LogP contribution >= 0.6 is 30.8 Å². The molecule has 0 unspecified atom stereocenters. The van der Waals surface area contributed by atoms with Gasteiger partial charge in [-0.25, -0.2) is 13.2 Å². The Bertz CT molecular complexity index is 1280. The molecular formula is C24H33Cl2N4O6PS. The van der Waals surface area contributed by atoms with Crippen LogP contribution in [-0.4, -0.2) is 72.6 Å². The molecule has 1 aliphatic rings. The maximum absolute atomic E-state index is 13.9. The van der Waals surface area contributed by atoms with E-state index in [0.717, 1.165) is 9.87 Å². The third kappa shape index (κ3) is 7.41. The van der Waals surface area contributed by atoms with Crippen molar-refractivity contribution >= 4 is 58.2 Å². The van der Waals surface area contributed by atoms with E-state index in [-0.39, 0.29) is 39.9 Å². The van der Waals surface area contributed by atoms with Gasteiger partial charge in [0.1, 0.15) is 6.29 Å². The fourth-order valence-electron chi connectivity index (χ4n) is 4.01. The Balaban J connectivity index is 2.01. The maximum atomic E-state index is 13.9. The summed E-state index contributed by atoms with van der Waals surface area (Å²) in [5, 5.41) is 3.17. The highest BCUT2D eigenvalue weighted by Gasteiger charge is 2.36. The van der Waals surface area contributed by atoms with Gasteiger partial charge in [-0.1, -0.05) is 23.2 Å². The summed E-state index contributed by atoms with van der Waals surface area (Å²) >= 11 is 12.2. The number of anilines is 2. The lowest BCUT2D eigenvalue weighted by Gasteiger charge is -2.29. The van der Waals surface area contributed by atoms with Crippen molar-refractivity contribution in [2.45, 2.75) is 25.2 Å². The number of rotatable bonds is 12. The van der Waals surface area contributed by atoms with Gasteiger partial charge in [0.15, 0.2) is 0 Å². The van der Waals surface area contributed by atoms with Gasteiger partial charge in [0, 0.05) is 35.4 Å². The molecule has 14 heteroatoms. The first-order chi connectivity index (χ1) is 17.9. The van der Waals surface area contributed by atoms with Gasteiger partial charge in [0.05, 0.1) is 23.8 Å². The van der Waals surface area contributed by atoms with Crippen molar-refractivity contribution in [1.29, 1.82) is 0 Å². The number of nitrogens with zero attached hydrogens (tertiary/aromatic N) is 3. The number of carbonyl (C=O) groups excluding carboxylic acids is 1. The van der Waals surface area contributed by atoms with Crippen LogP contribution < -0.4 is 14.5 Å².